The van der Waals surface area contributed by atoms with E-state index in [1.807, 2.05) is 0 Å². The molecule has 0 saturated carbocycles. The summed E-state index contributed by atoms with van der Waals surface area (Å²) in [6.45, 7) is 0. The van der Waals surface area contributed by atoms with Gasteiger partial charge in [0.1, 0.15) is 6.29 Å². The predicted molar refractivity (Wildman–Crippen MR) is 70.1 cm³/mol. The van der Waals surface area contributed by atoms with E-state index in [2.05, 4.69) is 15.5 Å². The molecule has 100 valence electrons. The maximum absolute atomic E-state index is 11.9. The van der Waals surface area contributed by atoms with Gasteiger partial charge in [0.2, 0.25) is 11.8 Å². The molecule has 20 heavy (non-hydrogen) atoms. The predicted octanol–water partition coefficient (Wildman–Crippen LogP) is 0.962. The molecule has 1 atom stereocenters. The van der Waals surface area contributed by atoms with E-state index < -0.39 is 5.92 Å². The number of imide groups is 1. The van der Waals surface area contributed by atoms with Crippen LogP contribution in [-0.4, -0.2) is 28.3 Å². The molecule has 2 aromatic rings. The zero-order valence-electron chi connectivity index (χ0n) is 10.5. The number of carbonyl (C=O) groups is 3. The lowest BCUT2D eigenvalue weighted by atomic mass is 9.91. The Hall–Kier alpha value is -2.63. The Morgan fingerprint density at radius 1 is 1.30 bits per heavy atom. The van der Waals surface area contributed by atoms with Gasteiger partial charge in [-0.3, -0.25) is 19.7 Å². The van der Waals surface area contributed by atoms with Crippen molar-refractivity contribution in [2.24, 2.45) is 0 Å². The summed E-state index contributed by atoms with van der Waals surface area (Å²) in [6.07, 6.45) is 3.01. The van der Waals surface area contributed by atoms with Crippen molar-refractivity contribution in [3.05, 3.63) is 35.7 Å². The summed E-state index contributed by atoms with van der Waals surface area (Å²) in [7, 11) is 0. The lowest BCUT2D eigenvalue weighted by molar-refractivity contribution is -0.134. The average Bonchev–Trinajstić information content (AvgIpc) is 2.46. The Bertz CT molecular complexity index is 727. The van der Waals surface area contributed by atoms with Gasteiger partial charge < -0.3 is 0 Å². The van der Waals surface area contributed by atoms with Gasteiger partial charge in [-0.15, -0.1) is 0 Å². The van der Waals surface area contributed by atoms with Crippen LogP contribution in [0.15, 0.2) is 24.4 Å². The van der Waals surface area contributed by atoms with Crippen LogP contribution in [-0.2, 0) is 9.59 Å². The largest absolute Gasteiger partial charge is 0.298 e. The van der Waals surface area contributed by atoms with E-state index in [4.69, 9.17) is 0 Å². The van der Waals surface area contributed by atoms with Crippen molar-refractivity contribution in [2.75, 3.05) is 0 Å². The molecule has 1 aliphatic rings. The second-order valence-corrected chi connectivity index (χ2v) is 4.70. The third-order valence-corrected chi connectivity index (χ3v) is 3.42. The minimum Gasteiger partial charge on any atom is -0.298 e. The van der Waals surface area contributed by atoms with Gasteiger partial charge in [-0.1, -0.05) is 12.1 Å². The molecular formula is C14H11N3O3. The number of nitrogens with one attached hydrogen (secondary N) is 1. The topological polar surface area (TPSA) is 89.0 Å². The Morgan fingerprint density at radius 2 is 2.15 bits per heavy atom. The molecule has 3 rings (SSSR count). The summed E-state index contributed by atoms with van der Waals surface area (Å²) in [4.78, 5) is 34.0. The van der Waals surface area contributed by atoms with E-state index in [1.54, 1.807) is 24.4 Å². The molecule has 1 aromatic heterocycles. The maximum Gasteiger partial charge on any atom is 0.235 e. The van der Waals surface area contributed by atoms with E-state index in [0.717, 1.165) is 17.1 Å². The molecule has 6 nitrogen and oxygen atoms in total. The molecule has 0 bridgehead atoms. The van der Waals surface area contributed by atoms with Crippen LogP contribution in [0.5, 0.6) is 0 Å². The van der Waals surface area contributed by atoms with Crippen LogP contribution in [0.25, 0.3) is 10.8 Å². The number of rotatable bonds is 2. The monoisotopic (exact) mass is 269 g/mol. The first-order valence-corrected chi connectivity index (χ1v) is 6.23. The summed E-state index contributed by atoms with van der Waals surface area (Å²) in [5, 5.41) is 11.8. The van der Waals surface area contributed by atoms with Gasteiger partial charge in [-0.05, 0) is 12.5 Å². The first-order valence-electron chi connectivity index (χ1n) is 6.23. The molecule has 1 aliphatic heterocycles. The highest BCUT2D eigenvalue weighted by atomic mass is 16.2. The molecule has 0 spiro atoms. The maximum atomic E-state index is 11.9. The molecule has 1 unspecified atom stereocenters. The van der Waals surface area contributed by atoms with E-state index in [-0.39, 0.29) is 18.2 Å². The molecule has 1 aromatic carbocycles. The van der Waals surface area contributed by atoms with Crippen molar-refractivity contribution in [1.82, 2.24) is 15.5 Å². The Labute approximate surface area is 114 Å². The fourth-order valence-electron chi connectivity index (χ4n) is 2.40. The number of hydrogen-bond donors (Lipinski definition) is 1. The Balaban J connectivity index is 2.13. The van der Waals surface area contributed by atoms with Gasteiger partial charge in [-0.2, -0.15) is 10.2 Å². The summed E-state index contributed by atoms with van der Waals surface area (Å²) in [6, 6.07) is 5.14. The average molecular weight is 269 g/mol. The second-order valence-electron chi connectivity index (χ2n) is 4.70. The normalized spacial score (nSPS) is 18.9. The van der Waals surface area contributed by atoms with Gasteiger partial charge in [0.05, 0.1) is 17.8 Å². The molecule has 2 amide bonds. The zero-order valence-corrected chi connectivity index (χ0v) is 10.5. The van der Waals surface area contributed by atoms with Crippen LogP contribution in [0.3, 0.4) is 0 Å². The molecule has 2 heterocycles. The highest BCUT2D eigenvalue weighted by Gasteiger charge is 2.30. The van der Waals surface area contributed by atoms with Crippen molar-refractivity contribution in [1.29, 1.82) is 0 Å². The van der Waals surface area contributed by atoms with Crippen molar-refractivity contribution in [2.45, 2.75) is 18.8 Å². The SMILES string of the molecule is O=Cc1ccc2cnnc(C3CCC(=O)NC3=O)c2c1. The van der Waals surface area contributed by atoms with Crippen LogP contribution < -0.4 is 5.32 Å². The first kappa shape index (κ1) is 12.4. The van der Waals surface area contributed by atoms with Gasteiger partial charge >= 0.3 is 0 Å². The first-order chi connectivity index (χ1) is 9.69. The van der Waals surface area contributed by atoms with Gasteiger partial charge in [0, 0.05) is 22.8 Å². The molecular weight excluding hydrogens is 258 g/mol. The van der Waals surface area contributed by atoms with Crippen LogP contribution in [0.4, 0.5) is 0 Å². The lowest BCUT2D eigenvalue weighted by Crippen LogP contribution is -2.39. The Morgan fingerprint density at radius 3 is 2.90 bits per heavy atom. The standard InChI is InChI=1S/C14H11N3O3/c18-7-8-1-2-9-6-15-17-13(11(9)5-8)10-3-4-12(19)16-14(10)20/h1-2,5-7,10H,3-4H2,(H,16,19,20). The van der Waals surface area contributed by atoms with Gasteiger partial charge in [0.25, 0.3) is 0 Å². The number of benzene rings is 1. The zero-order chi connectivity index (χ0) is 14.1. The van der Waals surface area contributed by atoms with Crippen molar-refractivity contribution in [3.63, 3.8) is 0 Å². The summed E-state index contributed by atoms with van der Waals surface area (Å²) < 4.78 is 0. The number of aldehydes is 1. The van der Waals surface area contributed by atoms with Crippen molar-refractivity contribution < 1.29 is 14.4 Å². The molecule has 0 radical (unpaired) electrons. The minimum atomic E-state index is -0.509. The van der Waals surface area contributed by atoms with Crippen LogP contribution >= 0.6 is 0 Å². The molecule has 1 N–H and O–H groups in total. The minimum absolute atomic E-state index is 0.270. The molecule has 1 fully saturated rings. The van der Waals surface area contributed by atoms with Crippen LogP contribution in [0, 0.1) is 0 Å². The highest BCUT2D eigenvalue weighted by Crippen LogP contribution is 2.28. The van der Waals surface area contributed by atoms with Gasteiger partial charge in [0.15, 0.2) is 0 Å². The van der Waals surface area contributed by atoms with Crippen LogP contribution in [0.1, 0.15) is 34.8 Å². The summed E-state index contributed by atoms with van der Waals surface area (Å²) >= 11 is 0. The Kier molecular flexibility index (Phi) is 2.98. The van der Waals surface area contributed by atoms with Gasteiger partial charge in [-0.25, -0.2) is 0 Å². The fraction of sp³-hybridized carbons (Fsp3) is 0.214. The fourth-order valence-corrected chi connectivity index (χ4v) is 2.40. The quantitative estimate of drug-likeness (QED) is 0.648. The number of carbonyl (C=O) groups excluding carboxylic acids is 3. The van der Waals surface area contributed by atoms with E-state index in [1.165, 1.54) is 0 Å². The number of aromatic nitrogens is 2. The smallest absolute Gasteiger partial charge is 0.235 e. The van der Waals surface area contributed by atoms with E-state index in [0.29, 0.717) is 17.7 Å². The van der Waals surface area contributed by atoms with E-state index >= 15 is 0 Å². The van der Waals surface area contributed by atoms with Crippen molar-refractivity contribution in [3.8, 4) is 0 Å². The number of amides is 2. The second kappa shape index (κ2) is 4.80. The van der Waals surface area contributed by atoms with Crippen molar-refractivity contribution >= 4 is 28.9 Å². The number of hydrogen-bond acceptors (Lipinski definition) is 5. The highest BCUT2D eigenvalue weighted by molar-refractivity contribution is 6.02. The summed E-state index contributed by atoms with van der Waals surface area (Å²) in [5.74, 6) is -1.14. The van der Waals surface area contributed by atoms with E-state index in [9.17, 15) is 14.4 Å². The number of nitrogens with zero attached hydrogens (tertiary/aromatic N) is 2. The molecule has 6 heteroatoms. The number of piperidine rings is 1. The molecule has 0 aliphatic carbocycles. The van der Waals surface area contributed by atoms with Crippen LogP contribution in [0.2, 0.25) is 0 Å². The molecule has 1 saturated heterocycles. The summed E-state index contributed by atoms with van der Waals surface area (Å²) in [5.41, 5.74) is 1.02. The third kappa shape index (κ3) is 2.05. The number of fused-ring (bicyclic) bond motifs is 1. The third-order valence-electron chi connectivity index (χ3n) is 3.42. The lowest BCUT2D eigenvalue weighted by Gasteiger charge is -2.20.